The van der Waals surface area contributed by atoms with Crippen LogP contribution in [0.5, 0.6) is 0 Å². The van der Waals surface area contributed by atoms with Crippen molar-refractivity contribution in [1.82, 2.24) is 0 Å². The van der Waals surface area contributed by atoms with E-state index >= 15 is 0 Å². The van der Waals surface area contributed by atoms with Gasteiger partial charge in [0.2, 0.25) is 0 Å². The van der Waals surface area contributed by atoms with Crippen LogP contribution in [0.25, 0.3) is 0 Å². The summed E-state index contributed by atoms with van der Waals surface area (Å²) in [6.07, 6.45) is 0. The Bertz CT molecular complexity index is 29.9. The molecular formula is H3O3PS-2. The number of hydrogen-bond acceptors (Lipinski definition) is 3. The van der Waals surface area contributed by atoms with E-state index in [2.05, 4.69) is 0 Å². The maximum atomic E-state index is 8.44. The third-order valence-electron chi connectivity index (χ3n) is 0. The topological polar surface area (TPSA) is 63.2 Å². The first-order valence-corrected chi connectivity index (χ1v) is 1.50. The van der Waals surface area contributed by atoms with Crippen molar-refractivity contribution in [2.24, 2.45) is 0 Å². The van der Waals surface area contributed by atoms with Crippen molar-refractivity contribution in [2.45, 2.75) is 0 Å². The molecule has 1 atom stereocenters. The maximum absolute atomic E-state index is 8.44. The summed E-state index contributed by atoms with van der Waals surface area (Å²) in [5.41, 5.74) is 0. The zero-order valence-corrected chi connectivity index (χ0v) is 4.57. The second-order valence-electron chi connectivity index (χ2n) is 0.204. The second-order valence-corrected chi connectivity index (χ2v) is 0.612. The van der Waals surface area contributed by atoms with E-state index in [1.54, 1.807) is 0 Å². The molecule has 0 saturated heterocycles. The molecule has 0 amide bonds. The molecule has 5 heavy (non-hydrogen) atoms. The molecule has 0 aliphatic rings. The van der Waals surface area contributed by atoms with E-state index in [0.717, 1.165) is 0 Å². The van der Waals surface area contributed by atoms with E-state index in [-0.39, 0.29) is 9.90 Å². The fourth-order valence-electron chi connectivity index (χ4n) is 0. The van der Waals surface area contributed by atoms with Gasteiger partial charge >= 0.3 is 0 Å². The molecule has 34 valence electrons. The van der Waals surface area contributed by atoms with Crippen LogP contribution in [0.1, 0.15) is 0 Å². The van der Waals surface area contributed by atoms with Crippen molar-refractivity contribution in [3.05, 3.63) is 0 Å². The van der Waals surface area contributed by atoms with Gasteiger partial charge in [-0.15, -0.1) is 11.4 Å². The van der Waals surface area contributed by atoms with Crippen LogP contribution in [0, 0.1) is 0 Å². The Labute approximate surface area is 35.5 Å². The summed E-state index contributed by atoms with van der Waals surface area (Å²) in [6, 6.07) is 0. The molecule has 0 aromatic carbocycles. The van der Waals surface area contributed by atoms with Gasteiger partial charge in [-0.25, -0.2) is 0 Å². The van der Waals surface area contributed by atoms with Crippen LogP contribution in [-0.4, -0.2) is 13.3 Å². The van der Waals surface area contributed by atoms with Gasteiger partial charge in [-0.1, -0.05) is 0 Å². The molecular weight excluding hydrogens is 111 g/mol. The lowest BCUT2D eigenvalue weighted by atomic mass is 15.8. The van der Waals surface area contributed by atoms with Crippen molar-refractivity contribution in [2.75, 3.05) is 0 Å². The minimum Gasteiger partial charge on any atom is -0.784 e. The molecule has 0 aliphatic carbocycles. The first-order chi connectivity index (χ1) is 1.73. The molecule has 0 rings (SSSR count). The van der Waals surface area contributed by atoms with Gasteiger partial charge in [0.1, 0.15) is 0 Å². The Balaban J connectivity index is 0. The third-order valence-corrected chi connectivity index (χ3v) is 0. The van der Waals surface area contributed by atoms with Crippen LogP contribution in [0.15, 0.2) is 0 Å². The van der Waals surface area contributed by atoms with Crippen molar-refractivity contribution in [3.63, 3.8) is 0 Å². The van der Waals surface area contributed by atoms with Gasteiger partial charge in [0.15, 0.2) is 0 Å². The van der Waals surface area contributed by atoms with Crippen molar-refractivity contribution >= 4 is 21.3 Å². The molecule has 0 aromatic heterocycles. The highest BCUT2D eigenvalue weighted by Gasteiger charge is 1.20. The lowest BCUT2D eigenvalue weighted by Crippen LogP contribution is -1.76. The van der Waals surface area contributed by atoms with E-state index in [1.165, 1.54) is 0 Å². The standard InChI is InChI=1S/H2O3S.H3P/c1-4(2)3;/h(H2,1,2,3);1H3/p-2. The van der Waals surface area contributed by atoms with E-state index in [9.17, 15) is 0 Å². The van der Waals surface area contributed by atoms with E-state index < -0.39 is 11.4 Å². The van der Waals surface area contributed by atoms with Gasteiger partial charge in [0.25, 0.3) is 0 Å². The van der Waals surface area contributed by atoms with E-state index in [0.29, 0.717) is 0 Å². The monoisotopic (exact) mass is 114 g/mol. The van der Waals surface area contributed by atoms with Gasteiger partial charge in [0.05, 0.1) is 0 Å². The largest absolute Gasteiger partial charge is 0.784 e. The Morgan fingerprint density at radius 2 is 1.40 bits per heavy atom. The highest BCUT2D eigenvalue weighted by atomic mass is 32.2. The zero-order valence-electron chi connectivity index (χ0n) is 2.34. The maximum Gasteiger partial charge on any atom is -0.142 e. The van der Waals surface area contributed by atoms with Gasteiger partial charge < -0.3 is 9.11 Å². The Morgan fingerprint density at radius 1 is 1.40 bits per heavy atom. The smallest absolute Gasteiger partial charge is 0.142 e. The molecule has 0 bridgehead atoms. The lowest BCUT2D eigenvalue weighted by Gasteiger charge is -2.03. The molecule has 3 nitrogen and oxygen atoms in total. The Morgan fingerprint density at radius 3 is 1.40 bits per heavy atom. The predicted octanol–water partition coefficient (Wildman–Crippen LogP) is -0.946. The fourth-order valence-corrected chi connectivity index (χ4v) is 0. The normalized spacial score (nSPS) is 7.00. The fraction of sp³-hybridized carbons (Fsp3) is 0. The van der Waals surface area contributed by atoms with Crippen LogP contribution in [0.2, 0.25) is 0 Å². The summed E-state index contributed by atoms with van der Waals surface area (Å²) in [4.78, 5) is 0. The first kappa shape index (κ1) is 9.09. The molecule has 0 saturated carbocycles. The van der Waals surface area contributed by atoms with Crippen molar-refractivity contribution in [1.29, 1.82) is 0 Å². The van der Waals surface area contributed by atoms with Gasteiger partial charge in [0, 0.05) is 0 Å². The molecule has 0 fully saturated rings. The van der Waals surface area contributed by atoms with Gasteiger partial charge in [-0.2, -0.15) is 9.90 Å². The summed E-state index contributed by atoms with van der Waals surface area (Å²) in [7, 11) is 0. The molecule has 0 radical (unpaired) electrons. The summed E-state index contributed by atoms with van der Waals surface area (Å²) >= 11 is -3.11. The minimum atomic E-state index is -3.11. The second kappa shape index (κ2) is 4.50. The summed E-state index contributed by atoms with van der Waals surface area (Å²) in [6.45, 7) is 0. The lowest BCUT2D eigenvalue weighted by molar-refractivity contribution is 0.419. The molecule has 1 unspecified atom stereocenters. The minimum absolute atomic E-state index is 0. The van der Waals surface area contributed by atoms with Crippen molar-refractivity contribution in [3.8, 4) is 0 Å². The molecule has 0 heterocycles. The van der Waals surface area contributed by atoms with E-state index in [4.69, 9.17) is 13.3 Å². The number of hydrogen-bond donors (Lipinski definition) is 0. The van der Waals surface area contributed by atoms with Crippen LogP contribution in [-0.2, 0) is 11.4 Å². The quantitative estimate of drug-likeness (QED) is 0.301. The SMILES string of the molecule is O=S([O-])[O-].P. The first-order valence-electron chi connectivity index (χ1n) is 0.500. The van der Waals surface area contributed by atoms with E-state index in [1.807, 2.05) is 0 Å². The predicted molar refractivity (Wildman–Crippen MR) is 20.8 cm³/mol. The van der Waals surface area contributed by atoms with Gasteiger partial charge in [-0.3, -0.25) is 4.21 Å². The molecule has 0 spiro atoms. The summed E-state index contributed by atoms with van der Waals surface area (Å²) < 4.78 is 25.3. The van der Waals surface area contributed by atoms with Crippen LogP contribution in [0.3, 0.4) is 0 Å². The van der Waals surface area contributed by atoms with Crippen LogP contribution >= 0.6 is 9.90 Å². The summed E-state index contributed by atoms with van der Waals surface area (Å²) in [5.74, 6) is 0. The summed E-state index contributed by atoms with van der Waals surface area (Å²) in [5, 5.41) is 0. The average molecular weight is 114 g/mol. The highest BCUT2D eigenvalue weighted by molar-refractivity contribution is 7.72. The number of rotatable bonds is 0. The Kier molecular flexibility index (Phi) is 8.18. The Hall–Kier alpha value is 0.500. The van der Waals surface area contributed by atoms with Crippen LogP contribution < -0.4 is 0 Å². The van der Waals surface area contributed by atoms with Crippen molar-refractivity contribution < 1.29 is 13.3 Å². The molecule has 0 N–H and O–H groups in total. The molecule has 5 heteroatoms. The zero-order chi connectivity index (χ0) is 3.58. The van der Waals surface area contributed by atoms with Gasteiger partial charge in [-0.05, 0) is 0 Å². The molecule has 0 aliphatic heterocycles. The average Bonchev–Trinajstić information content (AvgIpc) is 0.811. The third kappa shape index (κ3) is 113. The highest BCUT2D eigenvalue weighted by Crippen LogP contribution is 1.42. The van der Waals surface area contributed by atoms with Crippen LogP contribution in [0.4, 0.5) is 0 Å². The molecule has 0 aromatic rings.